The Bertz CT molecular complexity index is 402. The van der Waals surface area contributed by atoms with E-state index in [1.54, 1.807) is 19.6 Å². The topological polar surface area (TPSA) is 100 Å². The number of aromatic nitrogens is 3. The minimum atomic E-state index is -0.250. The first kappa shape index (κ1) is 17.1. The molecular weight excluding hydrogens is 274 g/mol. The third-order valence-electron chi connectivity index (χ3n) is 3.49. The molecule has 0 atom stereocenters. The van der Waals surface area contributed by atoms with E-state index in [9.17, 15) is 4.79 Å². The highest BCUT2D eigenvalue weighted by Crippen LogP contribution is 2.16. The molecule has 8 nitrogen and oxygen atoms in total. The van der Waals surface area contributed by atoms with E-state index in [4.69, 9.17) is 9.90 Å². The van der Waals surface area contributed by atoms with Crippen LogP contribution < -0.4 is 5.32 Å². The molecule has 1 aliphatic rings. The average Bonchev–Trinajstić information content (AvgIpc) is 2.98. The molecule has 118 valence electrons. The molecule has 2 heterocycles. The Hall–Kier alpha value is -1.96. The Labute approximate surface area is 124 Å². The smallest absolute Gasteiger partial charge is 0.290 e. The number of piperidine rings is 1. The first-order valence-corrected chi connectivity index (χ1v) is 7.02. The molecule has 0 aromatic carbocycles. The fraction of sp³-hybridized carbons (Fsp3) is 0.692. The van der Waals surface area contributed by atoms with Crippen LogP contribution in [0.1, 0.15) is 19.8 Å². The van der Waals surface area contributed by atoms with Gasteiger partial charge in [-0.25, -0.2) is 0 Å². The third kappa shape index (κ3) is 7.40. The Morgan fingerprint density at radius 2 is 1.90 bits per heavy atom. The number of hydrogen-bond acceptors (Lipinski definition) is 5. The second-order valence-corrected chi connectivity index (χ2v) is 5.03. The van der Waals surface area contributed by atoms with Crippen molar-refractivity contribution in [3.63, 3.8) is 0 Å². The number of rotatable bonds is 5. The number of carbonyl (C=O) groups excluding carboxylic acids is 1. The first-order valence-electron chi connectivity index (χ1n) is 7.02. The van der Waals surface area contributed by atoms with Crippen molar-refractivity contribution in [1.82, 2.24) is 25.0 Å². The van der Waals surface area contributed by atoms with E-state index in [0.29, 0.717) is 5.92 Å². The minimum absolute atomic E-state index is 0.0741. The lowest BCUT2D eigenvalue weighted by molar-refractivity contribution is -0.123. The fourth-order valence-electron chi connectivity index (χ4n) is 2.30. The Kier molecular flexibility index (Phi) is 8.03. The van der Waals surface area contributed by atoms with Crippen LogP contribution in [0.5, 0.6) is 0 Å². The van der Waals surface area contributed by atoms with Crippen LogP contribution >= 0.6 is 0 Å². The SMILES string of the molecule is CC(=O)NCC1CCN(CCn2cnnc2)CC1.O=CO. The van der Waals surface area contributed by atoms with Gasteiger partial charge in [-0.15, -0.1) is 10.2 Å². The normalized spacial score (nSPS) is 15.9. The van der Waals surface area contributed by atoms with E-state index in [2.05, 4.69) is 20.4 Å². The van der Waals surface area contributed by atoms with Crippen LogP contribution in [0.2, 0.25) is 0 Å². The van der Waals surface area contributed by atoms with Crippen molar-refractivity contribution in [1.29, 1.82) is 0 Å². The molecule has 2 rings (SSSR count). The molecule has 21 heavy (non-hydrogen) atoms. The van der Waals surface area contributed by atoms with E-state index in [-0.39, 0.29) is 12.4 Å². The molecule has 1 aliphatic heterocycles. The lowest BCUT2D eigenvalue weighted by atomic mass is 9.97. The van der Waals surface area contributed by atoms with Gasteiger partial charge in [-0.05, 0) is 31.8 Å². The van der Waals surface area contributed by atoms with Gasteiger partial charge in [0.1, 0.15) is 12.7 Å². The van der Waals surface area contributed by atoms with Gasteiger partial charge in [-0.2, -0.15) is 0 Å². The average molecular weight is 297 g/mol. The summed E-state index contributed by atoms with van der Waals surface area (Å²) in [6.07, 6.45) is 5.85. The second kappa shape index (κ2) is 9.87. The van der Waals surface area contributed by atoms with Crippen molar-refractivity contribution >= 4 is 12.4 Å². The predicted molar refractivity (Wildman–Crippen MR) is 76.6 cm³/mol. The van der Waals surface area contributed by atoms with Crippen molar-refractivity contribution in [3.05, 3.63) is 12.7 Å². The maximum atomic E-state index is 10.8. The largest absolute Gasteiger partial charge is 0.483 e. The van der Waals surface area contributed by atoms with E-state index >= 15 is 0 Å². The van der Waals surface area contributed by atoms with Gasteiger partial charge in [-0.3, -0.25) is 9.59 Å². The summed E-state index contributed by atoms with van der Waals surface area (Å²) in [6.45, 7) is 6.38. The van der Waals surface area contributed by atoms with Gasteiger partial charge >= 0.3 is 0 Å². The molecule has 2 N–H and O–H groups in total. The number of carbonyl (C=O) groups is 2. The summed E-state index contributed by atoms with van der Waals surface area (Å²) in [4.78, 5) is 21.7. The Balaban J connectivity index is 0.000000677. The number of carboxylic acid groups (broad SMARTS) is 1. The zero-order valence-electron chi connectivity index (χ0n) is 12.3. The van der Waals surface area contributed by atoms with Crippen molar-refractivity contribution < 1.29 is 14.7 Å². The molecule has 8 heteroatoms. The molecule has 1 aromatic rings. The van der Waals surface area contributed by atoms with Gasteiger partial charge in [0, 0.05) is 26.6 Å². The summed E-state index contributed by atoms with van der Waals surface area (Å²) in [5, 5.41) is 17.4. The van der Waals surface area contributed by atoms with E-state index in [1.165, 1.54) is 12.8 Å². The monoisotopic (exact) mass is 297 g/mol. The summed E-state index contributed by atoms with van der Waals surface area (Å²) in [5.41, 5.74) is 0. The molecule has 1 fully saturated rings. The molecule has 0 aliphatic carbocycles. The van der Waals surface area contributed by atoms with Crippen molar-refractivity contribution in [2.45, 2.75) is 26.3 Å². The van der Waals surface area contributed by atoms with E-state index < -0.39 is 0 Å². The van der Waals surface area contributed by atoms with Gasteiger partial charge in [0.05, 0.1) is 0 Å². The van der Waals surface area contributed by atoms with Crippen molar-refractivity contribution in [2.24, 2.45) is 5.92 Å². The van der Waals surface area contributed by atoms with Gasteiger partial charge in [0.25, 0.3) is 6.47 Å². The lowest BCUT2D eigenvalue weighted by Gasteiger charge is -2.31. The predicted octanol–water partition coefficient (Wildman–Crippen LogP) is -0.173. The van der Waals surface area contributed by atoms with Crippen LogP contribution in [-0.2, 0) is 16.1 Å². The molecular formula is C13H23N5O3. The summed E-state index contributed by atoms with van der Waals surface area (Å²) in [7, 11) is 0. The van der Waals surface area contributed by atoms with E-state index in [1.807, 2.05) is 4.57 Å². The molecule has 0 unspecified atom stereocenters. The minimum Gasteiger partial charge on any atom is -0.483 e. The molecule has 0 radical (unpaired) electrons. The van der Waals surface area contributed by atoms with Crippen LogP contribution in [-0.4, -0.2) is 63.3 Å². The number of amides is 1. The van der Waals surface area contributed by atoms with Crippen LogP contribution in [0, 0.1) is 5.92 Å². The van der Waals surface area contributed by atoms with E-state index in [0.717, 1.165) is 32.7 Å². The number of likely N-dealkylation sites (tertiary alicyclic amines) is 1. The quantitative estimate of drug-likeness (QED) is 0.732. The van der Waals surface area contributed by atoms with Crippen LogP contribution in [0.4, 0.5) is 0 Å². The summed E-state index contributed by atoms with van der Waals surface area (Å²) in [5.74, 6) is 0.713. The maximum Gasteiger partial charge on any atom is 0.290 e. The number of hydrogen-bond donors (Lipinski definition) is 2. The Morgan fingerprint density at radius 1 is 1.33 bits per heavy atom. The van der Waals surface area contributed by atoms with Crippen molar-refractivity contribution in [2.75, 3.05) is 26.2 Å². The standard InChI is InChI=1S/C12H21N5O.CH2O2/c1-11(18)13-8-12-2-4-16(5-3-12)6-7-17-9-14-15-10-17;2-1-3/h9-10,12H,2-8H2,1H3,(H,13,18);1H,(H,2,3). The highest BCUT2D eigenvalue weighted by atomic mass is 16.3. The zero-order chi connectivity index (χ0) is 15.5. The molecule has 0 spiro atoms. The molecule has 1 amide bonds. The fourth-order valence-corrected chi connectivity index (χ4v) is 2.30. The van der Waals surface area contributed by atoms with Gasteiger partial charge < -0.3 is 19.9 Å². The maximum absolute atomic E-state index is 10.8. The van der Waals surface area contributed by atoms with Gasteiger partial charge in [0.15, 0.2) is 0 Å². The summed E-state index contributed by atoms with van der Waals surface area (Å²) < 4.78 is 2.00. The second-order valence-electron chi connectivity index (χ2n) is 5.03. The summed E-state index contributed by atoms with van der Waals surface area (Å²) >= 11 is 0. The van der Waals surface area contributed by atoms with Crippen molar-refractivity contribution in [3.8, 4) is 0 Å². The molecule has 0 saturated carbocycles. The summed E-state index contributed by atoms with van der Waals surface area (Å²) in [6, 6.07) is 0. The first-order chi connectivity index (χ1) is 10.2. The number of nitrogens with one attached hydrogen (secondary N) is 1. The molecule has 1 aromatic heterocycles. The third-order valence-corrected chi connectivity index (χ3v) is 3.49. The molecule has 0 bridgehead atoms. The van der Waals surface area contributed by atoms with Gasteiger partial charge in [-0.1, -0.05) is 0 Å². The van der Waals surface area contributed by atoms with Crippen LogP contribution in [0.3, 0.4) is 0 Å². The highest BCUT2D eigenvalue weighted by Gasteiger charge is 2.18. The molecule has 1 saturated heterocycles. The van der Waals surface area contributed by atoms with Gasteiger partial charge in [0.2, 0.25) is 5.91 Å². The van der Waals surface area contributed by atoms with Crippen LogP contribution in [0.15, 0.2) is 12.7 Å². The van der Waals surface area contributed by atoms with Crippen LogP contribution in [0.25, 0.3) is 0 Å². The Morgan fingerprint density at radius 3 is 2.43 bits per heavy atom. The zero-order valence-corrected chi connectivity index (χ0v) is 12.3. The highest BCUT2D eigenvalue weighted by molar-refractivity contribution is 5.72. The number of nitrogens with zero attached hydrogens (tertiary/aromatic N) is 4. The lowest BCUT2D eigenvalue weighted by Crippen LogP contribution is -2.39.